The highest BCUT2D eigenvalue weighted by Gasteiger charge is 2.27. The van der Waals surface area contributed by atoms with Gasteiger partial charge in [0.15, 0.2) is 0 Å². The number of aromatic nitrogens is 4. The summed E-state index contributed by atoms with van der Waals surface area (Å²) in [4.78, 5) is 0. The maximum Gasteiger partial charge on any atom is 0.411 e. The maximum absolute atomic E-state index is 11.8. The molecule has 1 heterocycles. The van der Waals surface area contributed by atoms with Crippen molar-refractivity contribution in [2.24, 2.45) is 0 Å². The van der Waals surface area contributed by atoms with E-state index in [4.69, 9.17) is 0 Å². The first-order valence-corrected chi connectivity index (χ1v) is 6.75. The number of ether oxygens (including phenoxy) is 1. The number of nitrogens with one attached hydrogen (secondary N) is 1. The highest BCUT2D eigenvalue weighted by Crippen LogP contribution is 2.16. The summed E-state index contributed by atoms with van der Waals surface area (Å²) in [6.45, 7) is 2.98. The average Bonchev–Trinajstić information content (AvgIpc) is 2.75. The van der Waals surface area contributed by atoms with E-state index in [9.17, 15) is 13.2 Å². The molecule has 19 heavy (non-hydrogen) atoms. The molecule has 0 aromatic carbocycles. The van der Waals surface area contributed by atoms with Gasteiger partial charge in [-0.3, -0.25) is 0 Å². The Balaban J connectivity index is 2.20. The molecule has 0 unspecified atom stereocenters. The fourth-order valence-electron chi connectivity index (χ4n) is 1.18. The first-order valence-electron chi connectivity index (χ1n) is 5.77. The summed E-state index contributed by atoms with van der Waals surface area (Å²) in [5.41, 5.74) is 0. The number of likely N-dealkylation sites (N-methyl/N-ethyl adjacent to an activating group) is 1. The summed E-state index contributed by atoms with van der Waals surface area (Å²) in [5, 5.41) is 14.8. The number of hydrogen-bond donors (Lipinski definition) is 1. The Morgan fingerprint density at radius 3 is 2.89 bits per heavy atom. The summed E-state index contributed by atoms with van der Waals surface area (Å²) >= 11 is 1.27. The largest absolute Gasteiger partial charge is 0.411 e. The van der Waals surface area contributed by atoms with Gasteiger partial charge in [0.25, 0.3) is 0 Å². The van der Waals surface area contributed by atoms with Crippen LogP contribution in [0.5, 0.6) is 0 Å². The zero-order chi connectivity index (χ0) is 14.1. The van der Waals surface area contributed by atoms with Crippen molar-refractivity contribution in [1.82, 2.24) is 25.5 Å². The zero-order valence-corrected chi connectivity index (χ0v) is 11.3. The molecule has 0 amide bonds. The number of nitrogens with zero attached hydrogens (tertiary/aromatic N) is 4. The molecule has 0 spiro atoms. The lowest BCUT2D eigenvalue weighted by Gasteiger charge is -2.07. The van der Waals surface area contributed by atoms with Crippen LogP contribution in [0.3, 0.4) is 0 Å². The van der Waals surface area contributed by atoms with E-state index in [2.05, 4.69) is 25.6 Å². The molecule has 10 heteroatoms. The van der Waals surface area contributed by atoms with E-state index in [1.54, 1.807) is 4.68 Å². The Labute approximate surface area is 113 Å². The minimum atomic E-state index is -4.28. The molecule has 0 aliphatic rings. The van der Waals surface area contributed by atoms with Crippen LogP contribution in [0, 0.1) is 0 Å². The molecule has 1 N–H and O–H groups in total. The Kier molecular flexibility index (Phi) is 7.10. The third-order valence-corrected chi connectivity index (χ3v) is 2.90. The predicted molar refractivity (Wildman–Crippen MR) is 64.0 cm³/mol. The zero-order valence-electron chi connectivity index (χ0n) is 10.5. The van der Waals surface area contributed by atoms with Crippen LogP contribution in [0.25, 0.3) is 0 Å². The van der Waals surface area contributed by atoms with Crippen LogP contribution in [-0.2, 0) is 11.3 Å². The summed E-state index contributed by atoms with van der Waals surface area (Å²) < 4.78 is 41.6. The van der Waals surface area contributed by atoms with Crippen LogP contribution in [0.15, 0.2) is 5.16 Å². The van der Waals surface area contributed by atoms with Crippen LogP contribution in [0.2, 0.25) is 0 Å². The molecule has 110 valence electrons. The van der Waals surface area contributed by atoms with Gasteiger partial charge < -0.3 is 10.1 Å². The molecule has 0 bridgehead atoms. The second-order valence-electron chi connectivity index (χ2n) is 3.55. The third-order valence-electron chi connectivity index (χ3n) is 1.97. The normalized spacial score (nSPS) is 12.0. The van der Waals surface area contributed by atoms with Gasteiger partial charge in [0.2, 0.25) is 5.16 Å². The van der Waals surface area contributed by atoms with Gasteiger partial charge in [-0.1, -0.05) is 18.7 Å². The molecular formula is C9H16F3N5OS. The Hall–Kier alpha value is -0.870. The molecule has 1 aromatic heterocycles. The van der Waals surface area contributed by atoms with Crippen molar-refractivity contribution in [3.63, 3.8) is 0 Å². The highest BCUT2D eigenvalue weighted by molar-refractivity contribution is 7.99. The molecule has 0 saturated carbocycles. The molecule has 0 atom stereocenters. The van der Waals surface area contributed by atoms with Crippen LogP contribution in [0.4, 0.5) is 13.2 Å². The summed E-state index contributed by atoms with van der Waals surface area (Å²) in [6.07, 6.45) is -4.28. The number of thioether (sulfide) groups is 1. The standard InChI is InChI=1S/C9H16F3N5OS/c1-2-13-3-4-17-8(14-15-16-17)19-6-5-18-7-9(10,11)12/h13H,2-7H2,1H3. The van der Waals surface area contributed by atoms with E-state index >= 15 is 0 Å². The summed E-state index contributed by atoms with van der Waals surface area (Å²) in [5.74, 6) is 0.373. The SMILES string of the molecule is CCNCCn1nnnc1SCCOCC(F)(F)F. The Morgan fingerprint density at radius 1 is 1.42 bits per heavy atom. The van der Waals surface area contributed by atoms with E-state index in [1.807, 2.05) is 6.92 Å². The quantitative estimate of drug-likeness (QED) is 0.541. The molecular weight excluding hydrogens is 283 g/mol. The Bertz CT molecular complexity index is 360. The Morgan fingerprint density at radius 2 is 2.21 bits per heavy atom. The molecule has 1 aromatic rings. The van der Waals surface area contributed by atoms with Gasteiger partial charge in [-0.2, -0.15) is 13.2 Å². The van der Waals surface area contributed by atoms with Crippen molar-refractivity contribution in [3.05, 3.63) is 0 Å². The van der Waals surface area contributed by atoms with Crippen molar-refractivity contribution in [3.8, 4) is 0 Å². The first kappa shape index (κ1) is 16.2. The van der Waals surface area contributed by atoms with Crippen molar-refractivity contribution in [1.29, 1.82) is 0 Å². The van der Waals surface area contributed by atoms with Crippen LogP contribution in [-0.4, -0.2) is 58.4 Å². The molecule has 1 rings (SSSR count). The van der Waals surface area contributed by atoms with Gasteiger partial charge in [0.1, 0.15) is 6.61 Å². The van der Waals surface area contributed by atoms with Crippen molar-refractivity contribution in [2.75, 3.05) is 32.1 Å². The number of tetrazole rings is 1. The van der Waals surface area contributed by atoms with Gasteiger partial charge in [-0.05, 0) is 17.0 Å². The van der Waals surface area contributed by atoms with Crippen LogP contribution < -0.4 is 5.32 Å². The molecule has 0 saturated heterocycles. The number of alkyl halides is 3. The molecule has 0 aliphatic carbocycles. The molecule has 0 fully saturated rings. The van der Waals surface area contributed by atoms with Gasteiger partial charge in [0, 0.05) is 12.3 Å². The lowest BCUT2D eigenvalue weighted by Crippen LogP contribution is -2.20. The smallest absolute Gasteiger partial charge is 0.371 e. The molecule has 0 radical (unpaired) electrons. The van der Waals surface area contributed by atoms with Gasteiger partial charge in [-0.25, -0.2) is 4.68 Å². The lowest BCUT2D eigenvalue weighted by molar-refractivity contribution is -0.172. The first-order chi connectivity index (χ1) is 9.03. The number of hydrogen-bond acceptors (Lipinski definition) is 6. The van der Waals surface area contributed by atoms with Crippen molar-refractivity contribution >= 4 is 11.8 Å². The van der Waals surface area contributed by atoms with E-state index in [0.29, 0.717) is 17.5 Å². The third kappa shape index (κ3) is 7.33. The molecule has 0 aliphatic heterocycles. The number of halogens is 3. The van der Waals surface area contributed by atoms with Crippen molar-refractivity contribution in [2.45, 2.75) is 24.8 Å². The van der Waals surface area contributed by atoms with Crippen LogP contribution >= 0.6 is 11.8 Å². The summed E-state index contributed by atoms with van der Waals surface area (Å²) in [7, 11) is 0. The van der Waals surface area contributed by atoms with E-state index < -0.39 is 12.8 Å². The minimum absolute atomic E-state index is 0.00421. The second-order valence-corrected chi connectivity index (χ2v) is 4.62. The van der Waals surface area contributed by atoms with Gasteiger partial charge in [0.05, 0.1) is 13.2 Å². The topological polar surface area (TPSA) is 64.9 Å². The predicted octanol–water partition coefficient (Wildman–Crippen LogP) is 0.954. The second kappa shape index (κ2) is 8.33. The maximum atomic E-state index is 11.8. The fourth-order valence-corrected chi connectivity index (χ4v) is 1.94. The summed E-state index contributed by atoms with van der Waals surface area (Å²) in [6, 6.07) is 0. The molecule has 6 nitrogen and oxygen atoms in total. The average molecular weight is 299 g/mol. The lowest BCUT2D eigenvalue weighted by atomic mass is 10.6. The minimum Gasteiger partial charge on any atom is -0.371 e. The van der Waals surface area contributed by atoms with Gasteiger partial charge >= 0.3 is 6.18 Å². The fraction of sp³-hybridized carbons (Fsp3) is 0.889. The number of rotatable bonds is 9. The van der Waals surface area contributed by atoms with E-state index in [0.717, 1.165) is 13.1 Å². The van der Waals surface area contributed by atoms with E-state index in [-0.39, 0.29) is 6.61 Å². The van der Waals surface area contributed by atoms with Crippen LogP contribution in [0.1, 0.15) is 6.92 Å². The van der Waals surface area contributed by atoms with E-state index in [1.165, 1.54) is 11.8 Å². The van der Waals surface area contributed by atoms with Crippen molar-refractivity contribution < 1.29 is 17.9 Å². The highest BCUT2D eigenvalue weighted by atomic mass is 32.2. The monoisotopic (exact) mass is 299 g/mol. The van der Waals surface area contributed by atoms with Gasteiger partial charge in [-0.15, -0.1) is 5.10 Å².